The van der Waals surface area contributed by atoms with Crippen molar-refractivity contribution in [3.8, 4) is 5.75 Å². The van der Waals surface area contributed by atoms with Crippen LogP contribution < -0.4 is 15.0 Å². The van der Waals surface area contributed by atoms with Crippen molar-refractivity contribution in [1.29, 1.82) is 0 Å². The van der Waals surface area contributed by atoms with Crippen molar-refractivity contribution >= 4 is 29.2 Å². The van der Waals surface area contributed by atoms with E-state index in [2.05, 4.69) is 5.32 Å². The van der Waals surface area contributed by atoms with Crippen molar-refractivity contribution in [3.05, 3.63) is 63.5 Å². The third kappa shape index (κ3) is 4.66. The van der Waals surface area contributed by atoms with E-state index in [1.165, 1.54) is 31.3 Å². The fourth-order valence-corrected chi connectivity index (χ4v) is 3.41. The third-order valence-electron chi connectivity index (χ3n) is 5.07. The molecule has 1 fully saturated rings. The molecule has 0 aliphatic carbocycles. The summed E-state index contributed by atoms with van der Waals surface area (Å²) in [4.78, 5) is 48.1. The van der Waals surface area contributed by atoms with Gasteiger partial charge in [-0.3, -0.25) is 19.7 Å². The fourth-order valence-electron chi connectivity index (χ4n) is 3.41. The van der Waals surface area contributed by atoms with E-state index < -0.39 is 40.1 Å². The van der Waals surface area contributed by atoms with Gasteiger partial charge in [0.1, 0.15) is 11.3 Å². The molecule has 11 heteroatoms. The minimum Gasteiger partial charge on any atom is -0.496 e. The molecule has 168 valence electrons. The van der Waals surface area contributed by atoms with Gasteiger partial charge in [-0.05, 0) is 29.8 Å². The molecule has 1 atom stereocenters. The van der Waals surface area contributed by atoms with Crippen LogP contribution in [0.15, 0.2) is 36.4 Å². The first-order chi connectivity index (χ1) is 15.2. The molecule has 0 saturated carbocycles. The highest BCUT2D eigenvalue weighted by Crippen LogP contribution is 2.29. The zero-order chi connectivity index (χ0) is 23.4. The molecule has 1 aliphatic heterocycles. The SMILES string of the molecule is COC(=O)c1cc(CNC(=O)C2CC(=O)N(c3ccc(F)c([N+](=O)[O-])c3)C2)ccc1OC. The molecule has 2 amide bonds. The van der Waals surface area contributed by atoms with Crippen LogP contribution in [0.2, 0.25) is 0 Å². The van der Waals surface area contributed by atoms with Gasteiger partial charge in [0.15, 0.2) is 0 Å². The Labute approximate surface area is 182 Å². The summed E-state index contributed by atoms with van der Waals surface area (Å²) in [5.41, 5.74) is 0.233. The predicted octanol–water partition coefficient (Wildman–Crippen LogP) is 2.20. The number of benzene rings is 2. The van der Waals surface area contributed by atoms with Crippen LogP contribution in [0.5, 0.6) is 5.75 Å². The van der Waals surface area contributed by atoms with Crippen molar-refractivity contribution in [3.63, 3.8) is 0 Å². The monoisotopic (exact) mass is 445 g/mol. The van der Waals surface area contributed by atoms with Gasteiger partial charge in [-0.25, -0.2) is 4.79 Å². The number of halogens is 1. The Morgan fingerprint density at radius 2 is 2.00 bits per heavy atom. The summed E-state index contributed by atoms with van der Waals surface area (Å²) in [6.07, 6.45) is -0.0902. The Balaban J connectivity index is 1.67. The maximum Gasteiger partial charge on any atom is 0.341 e. The topological polar surface area (TPSA) is 128 Å². The van der Waals surface area contributed by atoms with Crippen LogP contribution in [0.3, 0.4) is 0 Å². The lowest BCUT2D eigenvalue weighted by molar-refractivity contribution is -0.387. The number of carbonyl (C=O) groups excluding carboxylic acids is 3. The van der Waals surface area contributed by atoms with Gasteiger partial charge in [-0.2, -0.15) is 4.39 Å². The van der Waals surface area contributed by atoms with Gasteiger partial charge >= 0.3 is 11.7 Å². The highest BCUT2D eigenvalue weighted by Gasteiger charge is 2.35. The number of amides is 2. The van der Waals surface area contributed by atoms with Crippen LogP contribution in [-0.2, 0) is 20.9 Å². The number of nitro groups is 1. The summed E-state index contributed by atoms with van der Waals surface area (Å²) in [5, 5.41) is 13.7. The third-order valence-corrected chi connectivity index (χ3v) is 5.07. The number of anilines is 1. The number of nitrogens with zero attached hydrogens (tertiary/aromatic N) is 2. The second-order valence-corrected chi connectivity index (χ2v) is 7.04. The van der Waals surface area contributed by atoms with E-state index in [1.807, 2.05) is 0 Å². The number of carbonyl (C=O) groups is 3. The molecule has 1 saturated heterocycles. The molecule has 1 unspecified atom stereocenters. The first-order valence-electron chi connectivity index (χ1n) is 9.52. The van der Waals surface area contributed by atoms with E-state index in [-0.39, 0.29) is 30.8 Å². The quantitative estimate of drug-likeness (QED) is 0.393. The van der Waals surface area contributed by atoms with E-state index in [0.29, 0.717) is 11.3 Å². The number of ether oxygens (including phenoxy) is 2. The van der Waals surface area contributed by atoms with Gasteiger partial charge in [0, 0.05) is 25.6 Å². The summed E-state index contributed by atoms with van der Waals surface area (Å²) in [6, 6.07) is 7.93. The lowest BCUT2D eigenvalue weighted by Gasteiger charge is -2.17. The first kappa shape index (κ1) is 22.7. The zero-order valence-electron chi connectivity index (χ0n) is 17.3. The van der Waals surface area contributed by atoms with Crippen molar-refractivity contribution in [2.75, 3.05) is 25.7 Å². The van der Waals surface area contributed by atoms with Gasteiger partial charge in [-0.1, -0.05) is 6.07 Å². The molecular formula is C21H20FN3O7. The Morgan fingerprint density at radius 3 is 2.66 bits per heavy atom. The molecule has 2 aromatic carbocycles. The summed E-state index contributed by atoms with van der Waals surface area (Å²) in [6.45, 7) is 0.100. The Bertz CT molecular complexity index is 1090. The van der Waals surface area contributed by atoms with Crippen molar-refractivity contribution in [1.82, 2.24) is 5.32 Å². The molecule has 1 aliphatic rings. The Kier molecular flexibility index (Phi) is 6.67. The fraction of sp³-hybridized carbons (Fsp3) is 0.286. The van der Waals surface area contributed by atoms with Crippen LogP contribution >= 0.6 is 0 Å². The Morgan fingerprint density at radius 1 is 1.25 bits per heavy atom. The lowest BCUT2D eigenvalue weighted by Crippen LogP contribution is -2.32. The number of hydrogen-bond acceptors (Lipinski definition) is 7. The van der Waals surface area contributed by atoms with Gasteiger partial charge in [-0.15, -0.1) is 0 Å². The van der Waals surface area contributed by atoms with Crippen LogP contribution in [0, 0.1) is 21.8 Å². The van der Waals surface area contributed by atoms with Crippen LogP contribution in [0.25, 0.3) is 0 Å². The average Bonchev–Trinajstić information content (AvgIpc) is 3.18. The molecule has 0 spiro atoms. The molecule has 0 aromatic heterocycles. The Hall–Kier alpha value is -4.02. The number of hydrogen-bond donors (Lipinski definition) is 1. The number of nitro benzene ring substituents is 1. The average molecular weight is 445 g/mol. The summed E-state index contributed by atoms with van der Waals surface area (Å²) in [5.74, 6) is -2.75. The number of methoxy groups -OCH3 is 2. The highest BCUT2D eigenvalue weighted by atomic mass is 19.1. The van der Waals surface area contributed by atoms with Crippen molar-refractivity contribution in [2.24, 2.45) is 5.92 Å². The maximum atomic E-state index is 13.6. The number of rotatable bonds is 7. The minimum absolute atomic E-state index is 0.00345. The largest absolute Gasteiger partial charge is 0.496 e. The normalized spacial score (nSPS) is 15.4. The minimum atomic E-state index is -1.01. The van der Waals surface area contributed by atoms with Crippen molar-refractivity contribution < 1.29 is 33.2 Å². The molecule has 2 aromatic rings. The van der Waals surface area contributed by atoms with E-state index in [4.69, 9.17) is 9.47 Å². The molecular weight excluding hydrogens is 425 g/mol. The van der Waals surface area contributed by atoms with Crippen LogP contribution in [0.1, 0.15) is 22.3 Å². The van der Waals surface area contributed by atoms with Crippen molar-refractivity contribution in [2.45, 2.75) is 13.0 Å². The second-order valence-electron chi connectivity index (χ2n) is 7.04. The van der Waals surface area contributed by atoms with Gasteiger partial charge < -0.3 is 19.7 Å². The van der Waals surface area contributed by atoms with Gasteiger partial charge in [0.05, 0.1) is 30.7 Å². The molecule has 1 heterocycles. The molecule has 10 nitrogen and oxygen atoms in total. The molecule has 32 heavy (non-hydrogen) atoms. The summed E-state index contributed by atoms with van der Waals surface area (Å²) in [7, 11) is 2.66. The molecule has 3 rings (SSSR count). The van der Waals surface area contributed by atoms with E-state index >= 15 is 0 Å². The number of nitrogens with one attached hydrogen (secondary N) is 1. The predicted molar refractivity (Wildman–Crippen MR) is 110 cm³/mol. The van der Waals surface area contributed by atoms with E-state index in [9.17, 15) is 28.9 Å². The zero-order valence-corrected chi connectivity index (χ0v) is 17.3. The smallest absolute Gasteiger partial charge is 0.341 e. The van der Waals surface area contributed by atoms with E-state index in [0.717, 1.165) is 12.1 Å². The molecule has 1 N–H and O–H groups in total. The molecule has 0 radical (unpaired) electrons. The highest BCUT2D eigenvalue weighted by molar-refractivity contribution is 6.00. The van der Waals surface area contributed by atoms with Crippen LogP contribution in [0.4, 0.5) is 15.8 Å². The van der Waals surface area contributed by atoms with E-state index in [1.54, 1.807) is 12.1 Å². The number of esters is 1. The lowest BCUT2D eigenvalue weighted by atomic mass is 10.1. The standard InChI is InChI=1S/C21H20FN3O7/c1-31-18-6-3-12(7-15(18)21(28)32-2)10-23-20(27)13-8-19(26)24(11-13)14-4-5-16(22)17(9-14)25(29)30/h3-7,9,13H,8,10-11H2,1-2H3,(H,23,27). The maximum absolute atomic E-state index is 13.6. The first-order valence-corrected chi connectivity index (χ1v) is 9.52. The molecule has 0 bridgehead atoms. The summed E-state index contributed by atoms with van der Waals surface area (Å²) >= 11 is 0. The second kappa shape index (κ2) is 9.41. The van der Waals surface area contributed by atoms with Crippen LogP contribution in [-0.4, -0.2) is 43.5 Å². The summed E-state index contributed by atoms with van der Waals surface area (Å²) < 4.78 is 23.4. The van der Waals surface area contributed by atoms with Gasteiger partial charge in [0.2, 0.25) is 17.6 Å². The van der Waals surface area contributed by atoms with Gasteiger partial charge in [0.25, 0.3) is 0 Å².